The summed E-state index contributed by atoms with van der Waals surface area (Å²) in [6.07, 6.45) is 3.89. The third-order valence-electron chi connectivity index (χ3n) is 5.05. The Balaban J connectivity index is 1.38. The summed E-state index contributed by atoms with van der Waals surface area (Å²) in [6, 6.07) is 13.4. The van der Waals surface area contributed by atoms with Gasteiger partial charge in [-0.25, -0.2) is 9.50 Å². The molecule has 1 amide bonds. The fourth-order valence-electron chi connectivity index (χ4n) is 3.34. The van der Waals surface area contributed by atoms with Gasteiger partial charge in [-0.05, 0) is 49.9 Å². The number of amides is 1. The Morgan fingerprint density at radius 3 is 2.81 bits per heavy atom. The fourth-order valence-corrected chi connectivity index (χ4v) is 3.68. The number of carbonyl (C=O) groups is 1. The van der Waals surface area contributed by atoms with Crippen LogP contribution in [0.2, 0.25) is 0 Å². The number of nitrogens with one attached hydrogen (secondary N) is 1. The zero-order valence-electron chi connectivity index (χ0n) is 18.2. The highest BCUT2D eigenvalue weighted by Gasteiger charge is 2.16. The predicted molar refractivity (Wildman–Crippen MR) is 123 cm³/mol. The molecule has 0 aliphatic carbocycles. The number of rotatable bonds is 8. The molecule has 0 aliphatic heterocycles. The van der Waals surface area contributed by atoms with Crippen LogP contribution in [0.15, 0.2) is 53.8 Å². The van der Waals surface area contributed by atoms with Crippen LogP contribution in [0.4, 0.5) is 0 Å². The lowest BCUT2D eigenvalue weighted by Gasteiger charge is -2.11. The second-order valence-corrected chi connectivity index (χ2v) is 8.06. The molecule has 0 unspecified atom stereocenters. The third-order valence-corrected chi connectivity index (χ3v) is 5.59. The number of hydrogen-bond acceptors (Lipinski definition) is 7. The molecule has 0 saturated heterocycles. The number of aromatic nitrogens is 5. The van der Waals surface area contributed by atoms with Gasteiger partial charge in [0.15, 0.2) is 0 Å². The Bertz CT molecular complexity index is 1240. The fraction of sp³-hybridized carbons (Fsp3) is 0.261. The summed E-state index contributed by atoms with van der Waals surface area (Å²) in [7, 11) is 0. The van der Waals surface area contributed by atoms with E-state index in [1.165, 1.54) is 11.8 Å². The van der Waals surface area contributed by atoms with Gasteiger partial charge in [-0.2, -0.15) is 4.98 Å². The smallest absolute Gasteiger partial charge is 0.253 e. The van der Waals surface area contributed by atoms with Gasteiger partial charge in [-0.1, -0.05) is 30.0 Å². The minimum absolute atomic E-state index is 0.0811. The maximum atomic E-state index is 12.7. The van der Waals surface area contributed by atoms with Gasteiger partial charge < -0.3 is 10.1 Å². The Labute approximate surface area is 190 Å². The van der Waals surface area contributed by atoms with E-state index < -0.39 is 0 Å². The van der Waals surface area contributed by atoms with Crippen LogP contribution in [0.5, 0.6) is 5.75 Å². The summed E-state index contributed by atoms with van der Waals surface area (Å²) >= 11 is 1.46. The van der Waals surface area contributed by atoms with E-state index in [9.17, 15) is 4.79 Å². The first-order valence-electron chi connectivity index (χ1n) is 10.2. The third kappa shape index (κ3) is 5.05. The largest absolute Gasteiger partial charge is 0.487 e. The van der Waals surface area contributed by atoms with Crippen molar-refractivity contribution in [2.24, 2.45) is 0 Å². The molecule has 4 aromatic rings. The highest BCUT2D eigenvalue weighted by Crippen LogP contribution is 2.18. The van der Waals surface area contributed by atoms with E-state index >= 15 is 0 Å². The number of hydrogen-bond donors (Lipinski definition) is 1. The molecule has 3 aromatic heterocycles. The SMILES string of the molecule is CSc1nc2nc(C)c(CC(=O)NCc3cccc(OCc4ccccn4)c3)c(C)n2n1. The number of carbonyl (C=O) groups excluding carboxylic acids is 1. The number of benzene rings is 1. The quantitative estimate of drug-likeness (QED) is 0.413. The lowest BCUT2D eigenvalue weighted by Crippen LogP contribution is -2.26. The average molecular weight is 449 g/mol. The van der Waals surface area contributed by atoms with E-state index in [0.717, 1.165) is 34.0 Å². The molecule has 1 aromatic carbocycles. The molecule has 3 heterocycles. The summed E-state index contributed by atoms with van der Waals surface area (Å²) < 4.78 is 7.52. The van der Waals surface area contributed by atoms with Crippen molar-refractivity contribution in [3.8, 4) is 5.75 Å². The second-order valence-electron chi connectivity index (χ2n) is 7.28. The van der Waals surface area contributed by atoms with E-state index in [0.29, 0.717) is 24.1 Å². The molecule has 9 heteroatoms. The maximum absolute atomic E-state index is 12.7. The first-order valence-corrected chi connectivity index (χ1v) is 11.4. The van der Waals surface area contributed by atoms with Gasteiger partial charge in [-0.15, -0.1) is 5.10 Å². The summed E-state index contributed by atoms with van der Waals surface area (Å²) in [4.78, 5) is 25.8. The normalized spacial score (nSPS) is 11.0. The van der Waals surface area contributed by atoms with Crippen LogP contribution >= 0.6 is 11.8 Å². The highest BCUT2D eigenvalue weighted by atomic mass is 32.2. The van der Waals surface area contributed by atoms with Gasteiger partial charge in [0.1, 0.15) is 12.4 Å². The van der Waals surface area contributed by atoms with Gasteiger partial charge in [-0.3, -0.25) is 9.78 Å². The topological polar surface area (TPSA) is 94.3 Å². The molecule has 164 valence electrons. The van der Waals surface area contributed by atoms with Crippen LogP contribution in [0, 0.1) is 13.8 Å². The van der Waals surface area contributed by atoms with E-state index in [1.807, 2.05) is 62.6 Å². The maximum Gasteiger partial charge on any atom is 0.253 e. The number of thioether (sulfide) groups is 1. The molecule has 1 N–H and O–H groups in total. The molecular formula is C23H24N6O2S. The minimum Gasteiger partial charge on any atom is -0.487 e. The number of aryl methyl sites for hydroxylation is 2. The molecule has 0 spiro atoms. The minimum atomic E-state index is -0.0811. The molecule has 0 bridgehead atoms. The van der Waals surface area contributed by atoms with Gasteiger partial charge >= 0.3 is 0 Å². The van der Waals surface area contributed by atoms with Gasteiger partial charge in [0.05, 0.1) is 12.1 Å². The summed E-state index contributed by atoms with van der Waals surface area (Å²) in [5.41, 5.74) is 4.34. The van der Waals surface area contributed by atoms with E-state index in [1.54, 1.807) is 10.7 Å². The zero-order valence-corrected chi connectivity index (χ0v) is 19.0. The second kappa shape index (κ2) is 9.78. The van der Waals surface area contributed by atoms with Crippen molar-refractivity contribution in [1.82, 2.24) is 29.9 Å². The molecular weight excluding hydrogens is 424 g/mol. The average Bonchev–Trinajstić information content (AvgIpc) is 3.23. The van der Waals surface area contributed by atoms with Gasteiger partial charge in [0, 0.05) is 29.7 Å². The predicted octanol–water partition coefficient (Wildman–Crippen LogP) is 3.30. The Morgan fingerprint density at radius 1 is 1.16 bits per heavy atom. The molecule has 0 atom stereocenters. The van der Waals surface area contributed by atoms with Crippen LogP contribution in [0.25, 0.3) is 5.78 Å². The lowest BCUT2D eigenvalue weighted by molar-refractivity contribution is -0.120. The standard InChI is InChI=1S/C23H24N6O2S/c1-15-20(16(2)29-22(26-15)27-23(28-29)32-3)12-21(30)25-13-17-7-6-9-19(11-17)31-14-18-8-4-5-10-24-18/h4-11H,12-14H2,1-3H3,(H,25,30). The molecule has 0 fully saturated rings. The lowest BCUT2D eigenvalue weighted by atomic mass is 10.1. The summed E-state index contributed by atoms with van der Waals surface area (Å²) in [5.74, 6) is 1.21. The van der Waals surface area contributed by atoms with E-state index in [4.69, 9.17) is 4.74 Å². The number of ether oxygens (including phenoxy) is 1. The molecule has 0 radical (unpaired) electrons. The van der Waals surface area contributed by atoms with Crippen molar-refractivity contribution in [3.05, 3.63) is 76.9 Å². The monoisotopic (exact) mass is 448 g/mol. The summed E-state index contributed by atoms with van der Waals surface area (Å²) in [6.45, 7) is 4.63. The highest BCUT2D eigenvalue weighted by molar-refractivity contribution is 7.98. The van der Waals surface area contributed by atoms with Crippen molar-refractivity contribution < 1.29 is 9.53 Å². The Kier molecular flexibility index (Phi) is 6.65. The first kappa shape index (κ1) is 21.8. The van der Waals surface area contributed by atoms with Crippen LogP contribution in [0.1, 0.15) is 28.2 Å². The van der Waals surface area contributed by atoms with Crippen LogP contribution in [0.3, 0.4) is 0 Å². The van der Waals surface area contributed by atoms with Crippen molar-refractivity contribution in [1.29, 1.82) is 0 Å². The van der Waals surface area contributed by atoms with E-state index in [2.05, 4.69) is 25.4 Å². The molecule has 0 aliphatic rings. The molecule has 4 rings (SSSR count). The zero-order chi connectivity index (χ0) is 22.5. The molecule has 8 nitrogen and oxygen atoms in total. The van der Waals surface area contributed by atoms with Crippen LogP contribution in [-0.4, -0.2) is 36.7 Å². The Hall–Kier alpha value is -3.46. The van der Waals surface area contributed by atoms with Crippen molar-refractivity contribution in [2.45, 2.75) is 38.6 Å². The Morgan fingerprint density at radius 2 is 2.03 bits per heavy atom. The number of fused-ring (bicyclic) bond motifs is 1. The summed E-state index contributed by atoms with van der Waals surface area (Å²) in [5, 5.41) is 8.08. The first-order chi connectivity index (χ1) is 15.5. The van der Waals surface area contributed by atoms with Crippen LogP contribution < -0.4 is 10.1 Å². The van der Waals surface area contributed by atoms with Gasteiger partial charge in [0.25, 0.3) is 5.78 Å². The molecule has 0 saturated carbocycles. The molecule has 32 heavy (non-hydrogen) atoms. The number of nitrogens with zero attached hydrogens (tertiary/aromatic N) is 5. The number of pyridine rings is 1. The van der Waals surface area contributed by atoms with Crippen molar-refractivity contribution >= 4 is 23.4 Å². The van der Waals surface area contributed by atoms with Crippen molar-refractivity contribution in [2.75, 3.05) is 6.26 Å². The van der Waals surface area contributed by atoms with Crippen LogP contribution in [-0.2, 0) is 24.4 Å². The van der Waals surface area contributed by atoms with Crippen molar-refractivity contribution in [3.63, 3.8) is 0 Å². The van der Waals surface area contributed by atoms with E-state index in [-0.39, 0.29) is 12.3 Å². The van der Waals surface area contributed by atoms with Gasteiger partial charge in [0.2, 0.25) is 11.1 Å².